The second kappa shape index (κ2) is 13.7. The largest absolute Gasteiger partial charge is 0.348 e. The molecule has 4 atom stereocenters. The highest BCUT2D eigenvalue weighted by atomic mass is 16.2. The van der Waals surface area contributed by atoms with E-state index in [2.05, 4.69) is 58.5 Å². The average molecular weight is 505 g/mol. The van der Waals surface area contributed by atoms with Crippen LogP contribution in [0.4, 0.5) is 0 Å². The first kappa shape index (κ1) is 27.3. The maximum absolute atomic E-state index is 13.2. The summed E-state index contributed by atoms with van der Waals surface area (Å²) in [5.74, 6) is 0.280. The SMILES string of the molecule is C[C@H](NC(=O)[C@@H]1CCCCN1CCCN1CCCC[C@H]1C(=O)N[C@@H](C)c1ccccc1)c1ccccc1. The molecule has 0 saturated carbocycles. The van der Waals surface area contributed by atoms with E-state index in [4.69, 9.17) is 0 Å². The van der Waals surface area contributed by atoms with Crippen molar-refractivity contribution >= 4 is 11.8 Å². The van der Waals surface area contributed by atoms with Gasteiger partial charge in [0.15, 0.2) is 0 Å². The Morgan fingerprint density at radius 1 is 0.703 bits per heavy atom. The van der Waals surface area contributed by atoms with Gasteiger partial charge in [-0.25, -0.2) is 0 Å². The lowest BCUT2D eigenvalue weighted by Crippen LogP contribution is -2.52. The van der Waals surface area contributed by atoms with Crippen LogP contribution in [0.15, 0.2) is 60.7 Å². The Bertz CT molecular complexity index is 904. The topological polar surface area (TPSA) is 64.7 Å². The molecule has 6 nitrogen and oxygen atoms in total. The molecule has 4 rings (SSSR count). The molecule has 0 bridgehead atoms. The van der Waals surface area contributed by atoms with E-state index in [1.54, 1.807) is 0 Å². The number of nitrogens with zero attached hydrogens (tertiary/aromatic N) is 2. The fraction of sp³-hybridized carbons (Fsp3) is 0.548. The van der Waals surface area contributed by atoms with Crippen molar-refractivity contribution in [3.05, 3.63) is 71.8 Å². The van der Waals surface area contributed by atoms with Gasteiger partial charge in [-0.2, -0.15) is 0 Å². The van der Waals surface area contributed by atoms with Gasteiger partial charge in [0.1, 0.15) is 0 Å². The normalized spacial score (nSPS) is 22.6. The fourth-order valence-electron chi connectivity index (χ4n) is 5.86. The maximum atomic E-state index is 13.2. The van der Waals surface area contributed by atoms with Crippen molar-refractivity contribution in [1.82, 2.24) is 20.4 Å². The van der Waals surface area contributed by atoms with Gasteiger partial charge in [-0.15, -0.1) is 0 Å². The van der Waals surface area contributed by atoms with Crippen molar-refractivity contribution < 1.29 is 9.59 Å². The summed E-state index contributed by atoms with van der Waals surface area (Å²) in [6, 6.07) is 20.2. The molecule has 0 aliphatic carbocycles. The van der Waals surface area contributed by atoms with Gasteiger partial charge in [0, 0.05) is 13.1 Å². The number of amides is 2. The fourth-order valence-corrected chi connectivity index (χ4v) is 5.86. The third-order valence-corrected chi connectivity index (χ3v) is 8.04. The zero-order valence-corrected chi connectivity index (χ0v) is 22.6. The van der Waals surface area contributed by atoms with Crippen LogP contribution in [0, 0.1) is 0 Å². The van der Waals surface area contributed by atoms with E-state index in [0.29, 0.717) is 0 Å². The molecule has 2 N–H and O–H groups in total. The molecule has 2 fully saturated rings. The molecule has 37 heavy (non-hydrogen) atoms. The standard InChI is InChI=1S/C31H44N4O2/c1-24(26-14-5-3-6-15-26)32-30(36)28-18-9-11-20-34(28)22-13-23-35-21-12-10-19-29(35)31(37)33-25(2)27-16-7-4-8-17-27/h3-8,14-17,24-25,28-29H,9-13,18-23H2,1-2H3,(H,32,36)(H,33,37)/t24-,25-,28-,29-/m0/s1. The summed E-state index contributed by atoms with van der Waals surface area (Å²) < 4.78 is 0. The van der Waals surface area contributed by atoms with E-state index in [1.807, 2.05) is 36.4 Å². The van der Waals surface area contributed by atoms with Crippen LogP contribution in [0.2, 0.25) is 0 Å². The first-order valence-electron chi connectivity index (χ1n) is 14.2. The second-order valence-electron chi connectivity index (χ2n) is 10.7. The summed E-state index contributed by atoms with van der Waals surface area (Å²) in [4.78, 5) is 31.1. The molecule has 0 aromatic heterocycles. The molecule has 2 aliphatic rings. The lowest BCUT2D eigenvalue weighted by molar-refractivity contribution is -0.128. The molecule has 2 aromatic rings. The van der Waals surface area contributed by atoms with E-state index >= 15 is 0 Å². The summed E-state index contributed by atoms with van der Waals surface area (Å²) in [6.45, 7) is 7.83. The molecule has 2 aromatic carbocycles. The molecule has 6 heteroatoms. The van der Waals surface area contributed by atoms with Gasteiger partial charge in [-0.3, -0.25) is 19.4 Å². The predicted octanol–water partition coefficient (Wildman–Crippen LogP) is 4.84. The summed E-state index contributed by atoms with van der Waals surface area (Å²) in [5, 5.41) is 6.49. The molecule has 2 saturated heterocycles. The van der Waals surface area contributed by atoms with Crippen LogP contribution in [-0.4, -0.2) is 59.9 Å². The first-order valence-corrected chi connectivity index (χ1v) is 14.2. The number of piperidine rings is 2. The molecule has 2 heterocycles. The number of hydrogen-bond acceptors (Lipinski definition) is 4. The van der Waals surface area contributed by atoms with Gasteiger partial charge >= 0.3 is 0 Å². The van der Waals surface area contributed by atoms with Gasteiger partial charge in [-0.1, -0.05) is 73.5 Å². The number of carbonyl (C=O) groups is 2. The summed E-state index contributed by atoms with van der Waals surface area (Å²) in [7, 11) is 0. The maximum Gasteiger partial charge on any atom is 0.237 e. The number of hydrogen-bond donors (Lipinski definition) is 2. The van der Waals surface area contributed by atoms with E-state index in [9.17, 15) is 9.59 Å². The molecule has 2 aliphatic heterocycles. The monoisotopic (exact) mass is 504 g/mol. The third-order valence-electron chi connectivity index (χ3n) is 8.04. The summed E-state index contributed by atoms with van der Waals surface area (Å²) in [5.41, 5.74) is 2.27. The van der Waals surface area contributed by atoms with Crippen LogP contribution >= 0.6 is 0 Å². The quantitative estimate of drug-likeness (QED) is 0.486. The van der Waals surface area contributed by atoms with E-state index < -0.39 is 0 Å². The zero-order valence-electron chi connectivity index (χ0n) is 22.6. The minimum Gasteiger partial charge on any atom is -0.348 e. The Kier molecular flexibility index (Phi) is 10.1. The summed E-state index contributed by atoms with van der Waals surface area (Å²) >= 11 is 0. The molecular weight excluding hydrogens is 460 g/mol. The average Bonchev–Trinajstić information content (AvgIpc) is 2.94. The van der Waals surface area contributed by atoms with Gasteiger partial charge in [0.25, 0.3) is 0 Å². The van der Waals surface area contributed by atoms with Crippen molar-refractivity contribution in [1.29, 1.82) is 0 Å². The van der Waals surface area contributed by atoms with Crippen molar-refractivity contribution in [2.45, 2.75) is 83.0 Å². The number of benzene rings is 2. The van der Waals surface area contributed by atoms with Crippen LogP contribution in [-0.2, 0) is 9.59 Å². The van der Waals surface area contributed by atoms with Gasteiger partial charge < -0.3 is 10.6 Å². The molecule has 0 unspecified atom stereocenters. The Balaban J connectivity index is 1.28. The Morgan fingerprint density at radius 3 is 1.51 bits per heavy atom. The predicted molar refractivity (Wildman–Crippen MR) is 149 cm³/mol. The Morgan fingerprint density at radius 2 is 1.11 bits per heavy atom. The van der Waals surface area contributed by atoms with Crippen molar-refractivity contribution in [3.63, 3.8) is 0 Å². The van der Waals surface area contributed by atoms with Gasteiger partial charge in [0.05, 0.1) is 24.2 Å². The van der Waals surface area contributed by atoms with Crippen LogP contribution in [0.25, 0.3) is 0 Å². The van der Waals surface area contributed by atoms with Crippen LogP contribution in [0.5, 0.6) is 0 Å². The van der Waals surface area contributed by atoms with Crippen LogP contribution in [0.3, 0.4) is 0 Å². The highest BCUT2D eigenvalue weighted by molar-refractivity contribution is 5.82. The lowest BCUT2D eigenvalue weighted by atomic mass is 9.99. The third kappa shape index (κ3) is 7.65. The molecule has 0 radical (unpaired) electrons. The molecular formula is C31H44N4O2. The highest BCUT2D eigenvalue weighted by Crippen LogP contribution is 2.22. The van der Waals surface area contributed by atoms with E-state index in [1.165, 1.54) is 0 Å². The van der Waals surface area contributed by atoms with Crippen molar-refractivity contribution in [2.24, 2.45) is 0 Å². The summed E-state index contributed by atoms with van der Waals surface area (Å²) in [6.07, 6.45) is 7.29. The smallest absolute Gasteiger partial charge is 0.237 e. The molecule has 2 amide bonds. The van der Waals surface area contributed by atoms with Crippen LogP contribution in [0.1, 0.15) is 82.0 Å². The van der Waals surface area contributed by atoms with Gasteiger partial charge in [-0.05, 0) is 70.2 Å². The minimum absolute atomic E-state index is 0.00312. The zero-order chi connectivity index (χ0) is 26.0. The van der Waals surface area contributed by atoms with Crippen LogP contribution < -0.4 is 10.6 Å². The van der Waals surface area contributed by atoms with E-state index in [0.717, 1.165) is 82.3 Å². The van der Waals surface area contributed by atoms with Gasteiger partial charge in [0.2, 0.25) is 11.8 Å². The Hall–Kier alpha value is -2.70. The minimum atomic E-state index is -0.0629. The van der Waals surface area contributed by atoms with E-state index in [-0.39, 0.29) is 36.0 Å². The van der Waals surface area contributed by atoms with Crippen molar-refractivity contribution in [2.75, 3.05) is 26.2 Å². The lowest BCUT2D eigenvalue weighted by Gasteiger charge is -2.38. The number of carbonyl (C=O) groups excluding carboxylic acids is 2. The molecule has 0 spiro atoms. The number of likely N-dealkylation sites (tertiary alicyclic amines) is 2. The highest BCUT2D eigenvalue weighted by Gasteiger charge is 2.31. The Labute approximate surface area is 222 Å². The van der Waals surface area contributed by atoms with Crippen molar-refractivity contribution in [3.8, 4) is 0 Å². The molecule has 200 valence electrons. The first-order chi connectivity index (χ1) is 18.0. The second-order valence-corrected chi connectivity index (χ2v) is 10.7. The number of nitrogens with one attached hydrogen (secondary N) is 2. The number of rotatable bonds is 10.